The smallest absolute Gasteiger partial charge is 0.245 e. The minimum Gasteiger partial charge on any atom is -0.346 e. The molecule has 0 atom stereocenters. The summed E-state index contributed by atoms with van der Waals surface area (Å²) in [7, 11) is -3.72. The van der Waals surface area contributed by atoms with E-state index >= 15 is 0 Å². The van der Waals surface area contributed by atoms with Crippen molar-refractivity contribution in [1.82, 2.24) is 14.5 Å². The lowest BCUT2D eigenvalue weighted by Gasteiger charge is -2.34. The molecule has 26 heavy (non-hydrogen) atoms. The standard InChI is InChI=1S/C14H18N6O4S2/c15-8-12(21)16-9-13(22)19-4-6-20(7-5-19)26(23,24)11-3-1-2-10-14(11)18-25-17-10/h1-3H,4-9,15H2,(H,16,21). The van der Waals surface area contributed by atoms with Gasteiger partial charge in [-0.15, -0.1) is 0 Å². The zero-order valence-electron chi connectivity index (χ0n) is 13.8. The highest BCUT2D eigenvalue weighted by atomic mass is 32.2. The van der Waals surface area contributed by atoms with E-state index < -0.39 is 15.9 Å². The number of hydrogen-bond acceptors (Lipinski definition) is 7. The Bertz CT molecular complexity index is 902. The summed E-state index contributed by atoms with van der Waals surface area (Å²) in [5, 5.41) is 2.41. The first-order valence-electron chi connectivity index (χ1n) is 7.89. The Kier molecular flexibility index (Phi) is 5.46. The van der Waals surface area contributed by atoms with Gasteiger partial charge in [0.1, 0.15) is 16.3 Å². The molecule has 0 aromatic heterocycles. The van der Waals surface area contributed by atoms with Gasteiger partial charge < -0.3 is 16.0 Å². The van der Waals surface area contributed by atoms with Crippen LogP contribution in [0.15, 0.2) is 31.8 Å². The third-order valence-corrected chi connectivity index (χ3v) is 6.55. The normalized spacial score (nSPS) is 16.9. The largest absolute Gasteiger partial charge is 0.346 e. The highest BCUT2D eigenvalue weighted by Crippen LogP contribution is 2.38. The molecule has 1 aromatic carbocycles. The number of hydrogen-bond donors (Lipinski definition) is 2. The van der Waals surface area contributed by atoms with E-state index in [1.807, 2.05) is 0 Å². The quantitative estimate of drug-likeness (QED) is 0.687. The average molecular weight is 398 g/mol. The molecule has 0 aliphatic carbocycles. The fraction of sp³-hybridized carbons (Fsp3) is 0.429. The van der Waals surface area contributed by atoms with Crippen molar-refractivity contribution in [2.45, 2.75) is 4.90 Å². The molecular formula is C14H18N6O4S2. The topological polar surface area (TPSA) is 138 Å². The molecule has 0 radical (unpaired) electrons. The van der Waals surface area contributed by atoms with Crippen LogP contribution in [0.3, 0.4) is 0 Å². The summed E-state index contributed by atoms with van der Waals surface area (Å²) in [5.74, 6) is -0.681. The van der Waals surface area contributed by atoms with E-state index in [4.69, 9.17) is 5.73 Å². The number of benzene rings is 1. The van der Waals surface area contributed by atoms with Crippen molar-refractivity contribution in [3.63, 3.8) is 0 Å². The third kappa shape index (κ3) is 3.67. The fourth-order valence-electron chi connectivity index (χ4n) is 2.66. The fourth-order valence-corrected chi connectivity index (χ4v) is 4.84. The van der Waals surface area contributed by atoms with Gasteiger partial charge >= 0.3 is 0 Å². The van der Waals surface area contributed by atoms with Crippen LogP contribution in [0.5, 0.6) is 0 Å². The number of carbonyl (C=O) groups excluding carboxylic acids is 2. The summed E-state index contributed by atoms with van der Waals surface area (Å²) >= 11 is 0.964. The molecule has 1 fully saturated rings. The minimum atomic E-state index is -3.72. The van der Waals surface area contributed by atoms with E-state index in [0.717, 1.165) is 11.4 Å². The number of sulfonamides is 1. The molecule has 1 aromatic rings. The molecule has 1 saturated heterocycles. The number of amides is 2. The Labute approximate surface area is 154 Å². The number of nitrogens with two attached hydrogens (primary N) is 1. The van der Waals surface area contributed by atoms with Crippen molar-refractivity contribution in [3.8, 4) is 0 Å². The first-order chi connectivity index (χ1) is 12.4. The van der Waals surface area contributed by atoms with E-state index in [9.17, 15) is 18.0 Å². The SMILES string of the molecule is NCC(=O)NCC(=O)N1CCN(S(=O)(=O)c2cccc3c2N=S=N3)CC1. The van der Waals surface area contributed by atoms with Gasteiger partial charge in [0.2, 0.25) is 21.8 Å². The van der Waals surface area contributed by atoms with E-state index in [2.05, 4.69) is 14.0 Å². The van der Waals surface area contributed by atoms with Gasteiger partial charge in [-0.05, 0) is 12.1 Å². The van der Waals surface area contributed by atoms with E-state index in [1.54, 1.807) is 12.1 Å². The van der Waals surface area contributed by atoms with E-state index in [0.29, 0.717) is 11.4 Å². The molecule has 12 heteroatoms. The van der Waals surface area contributed by atoms with Crippen LogP contribution in [0, 0.1) is 0 Å². The lowest BCUT2D eigenvalue weighted by Crippen LogP contribution is -2.52. The summed E-state index contributed by atoms with van der Waals surface area (Å²) in [4.78, 5) is 24.8. The van der Waals surface area contributed by atoms with Crippen LogP contribution in [0.1, 0.15) is 0 Å². The second-order valence-electron chi connectivity index (χ2n) is 5.65. The Morgan fingerprint density at radius 3 is 2.62 bits per heavy atom. The first-order valence-corrected chi connectivity index (χ1v) is 10.1. The van der Waals surface area contributed by atoms with Gasteiger partial charge in [-0.2, -0.15) is 13.0 Å². The summed E-state index contributed by atoms with van der Waals surface area (Å²) < 4.78 is 35.3. The van der Waals surface area contributed by atoms with Crippen molar-refractivity contribution >= 4 is 44.6 Å². The van der Waals surface area contributed by atoms with Crippen molar-refractivity contribution in [3.05, 3.63) is 18.2 Å². The maximum absolute atomic E-state index is 12.9. The number of nitrogens with one attached hydrogen (secondary N) is 1. The number of carbonyl (C=O) groups is 2. The molecule has 0 bridgehead atoms. The summed E-state index contributed by atoms with van der Waals surface area (Å²) in [6.45, 7) is 0.520. The number of fused-ring (bicyclic) bond motifs is 1. The van der Waals surface area contributed by atoms with Crippen LogP contribution in [0.2, 0.25) is 0 Å². The van der Waals surface area contributed by atoms with Crippen molar-refractivity contribution in [2.24, 2.45) is 14.5 Å². The van der Waals surface area contributed by atoms with Crippen molar-refractivity contribution in [1.29, 1.82) is 0 Å². The first kappa shape index (κ1) is 18.6. The van der Waals surface area contributed by atoms with Gasteiger partial charge in [0.05, 0.1) is 24.4 Å². The minimum absolute atomic E-state index is 0.124. The Balaban J connectivity index is 1.65. The van der Waals surface area contributed by atoms with Crippen LogP contribution in [-0.4, -0.2) is 68.7 Å². The average Bonchev–Trinajstić information content (AvgIpc) is 3.14. The van der Waals surface area contributed by atoms with Crippen molar-refractivity contribution in [2.75, 3.05) is 39.3 Å². The highest BCUT2D eigenvalue weighted by Gasteiger charge is 2.32. The second-order valence-corrected chi connectivity index (χ2v) is 8.09. The molecule has 2 amide bonds. The van der Waals surface area contributed by atoms with Crippen molar-refractivity contribution < 1.29 is 18.0 Å². The van der Waals surface area contributed by atoms with Crippen LogP contribution in [-0.2, 0) is 31.0 Å². The molecule has 0 spiro atoms. The molecule has 10 nitrogen and oxygen atoms in total. The maximum atomic E-state index is 12.9. The van der Waals surface area contributed by atoms with Crippen LogP contribution in [0.4, 0.5) is 11.4 Å². The molecule has 140 valence electrons. The van der Waals surface area contributed by atoms with Crippen LogP contribution < -0.4 is 11.1 Å². The van der Waals surface area contributed by atoms with Gasteiger partial charge in [-0.1, -0.05) is 6.07 Å². The molecule has 2 aliphatic heterocycles. The van der Waals surface area contributed by atoms with Gasteiger partial charge in [-0.25, -0.2) is 8.42 Å². The van der Waals surface area contributed by atoms with Crippen LogP contribution >= 0.6 is 0 Å². The lowest BCUT2D eigenvalue weighted by atomic mass is 10.3. The molecule has 2 aliphatic rings. The third-order valence-electron chi connectivity index (χ3n) is 4.08. The number of piperazine rings is 1. The Morgan fingerprint density at radius 2 is 1.92 bits per heavy atom. The summed E-state index contributed by atoms with van der Waals surface area (Å²) in [5.41, 5.74) is 6.07. The molecular weight excluding hydrogens is 380 g/mol. The molecule has 0 unspecified atom stereocenters. The second kappa shape index (κ2) is 7.61. The monoisotopic (exact) mass is 398 g/mol. The van der Waals surface area contributed by atoms with Gasteiger partial charge in [0, 0.05) is 26.2 Å². The number of rotatable bonds is 5. The van der Waals surface area contributed by atoms with Gasteiger partial charge in [0.25, 0.3) is 0 Å². The van der Waals surface area contributed by atoms with Crippen LogP contribution in [0.25, 0.3) is 0 Å². The van der Waals surface area contributed by atoms with E-state index in [1.165, 1.54) is 15.3 Å². The zero-order chi connectivity index (χ0) is 18.7. The predicted octanol–water partition coefficient (Wildman–Crippen LogP) is -0.679. The zero-order valence-corrected chi connectivity index (χ0v) is 15.4. The molecule has 3 rings (SSSR count). The lowest BCUT2D eigenvalue weighted by molar-refractivity contribution is -0.133. The van der Waals surface area contributed by atoms with Gasteiger partial charge in [0.15, 0.2) is 0 Å². The highest BCUT2D eigenvalue weighted by molar-refractivity contribution is 7.89. The Morgan fingerprint density at radius 1 is 1.19 bits per heavy atom. The number of nitrogens with zero attached hydrogens (tertiary/aromatic N) is 4. The Hall–Kier alpha value is -2.15. The molecule has 3 N–H and O–H groups in total. The predicted molar refractivity (Wildman–Crippen MR) is 95.4 cm³/mol. The molecule has 0 saturated carbocycles. The molecule has 2 heterocycles. The van der Waals surface area contributed by atoms with E-state index in [-0.39, 0.29) is 50.1 Å². The van der Waals surface area contributed by atoms with Gasteiger partial charge in [-0.3, -0.25) is 9.59 Å². The summed E-state index contributed by atoms with van der Waals surface area (Å²) in [6, 6.07) is 4.86. The summed E-state index contributed by atoms with van der Waals surface area (Å²) in [6.07, 6.45) is 0. The maximum Gasteiger partial charge on any atom is 0.245 e.